The van der Waals surface area contributed by atoms with Gasteiger partial charge in [0.25, 0.3) is 0 Å². The van der Waals surface area contributed by atoms with E-state index < -0.39 is 0 Å². The molecule has 0 amide bonds. The quantitative estimate of drug-likeness (QED) is 0.791. The molecule has 0 aliphatic heterocycles. The molecule has 0 radical (unpaired) electrons. The van der Waals surface area contributed by atoms with E-state index in [0.717, 1.165) is 18.8 Å². The Balaban J connectivity index is 2.40. The van der Waals surface area contributed by atoms with Crippen LogP contribution in [0.5, 0.6) is 0 Å². The molecule has 0 aliphatic carbocycles. The highest BCUT2D eigenvalue weighted by Crippen LogP contribution is 2.30. The van der Waals surface area contributed by atoms with Crippen molar-refractivity contribution in [3.05, 3.63) is 41.9 Å². The van der Waals surface area contributed by atoms with Gasteiger partial charge in [-0.1, -0.05) is 6.07 Å². The van der Waals surface area contributed by atoms with Crippen LogP contribution in [0, 0.1) is 13.8 Å². The lowest BCUT2D eigenvalue weighted by Crippen LogP contribution is -2.21. The molecule has 0 N–H and O–H groups in total. The van der Waals surface area contributed by atoms with Crippen molar-refractivity contribution in [2.45, 2.75) is 27.7 Å². The first-order valence-corrected chi connectivity index (χ1v) is 6.57. The lowest BCUT2D eigenvalue weighted by molar-refractivity contribution is 0.535. The standard InChI is InChI=1S/C16H21NO/c1-5-17(6-2)14-7-8-15(12(3)11-14)16-9-10-18-13(16)4/h7-11H,5-6H2,1-4H3. The summed E-state index contributed by atoms with van der Waals surface area (Å²) in [7, 11) is 0. The molecule has 0 saturated carbocycles. The zero-order chi connectivity index (χ0) is 13.1. The average molecular weight is 243 g/mol. The zero-order valence-electron chi connectivity index (χ0n) is 11.7. The number of anilines is 1. The molecule has 1 aromatic carbocycles. The number of hydrogen-bond donors (Lipinski definition) is 0. The highest BCUT2D eigenvalue weighted by Gasteiger charge is 2.09. The van der Waals surface area contributed by atoms with Gasteiger partial charge in [-0.05, 0) is 57.0 Å². The topological polar surface area (TPSA) is 16.4 Å². The SMILES string of the molecule is CCN(CC)c1ccc(-c2ccoc2C)c(C)c1. The maximum absolute atomic E-state index is 5.38. The molecular weight excluding hydrogens is 222 g/mol. The van der Waals surface area contributed by atoms with Crippen LogP contribution in [0.3, 0.4) is 0 Å². The monoisotopic (exact) mass is 243 g/mol. The predicted molar refractivity (Wildman–Crippen MR) is 77.2 cm³/mol. The van der Waals surface area contributed by atoms with Crippen molar-refractivity contribution in [1.82, 2.24) is 0 Å². The Morgan fingerprint density at radius 1 is 1.00 bits per heavy atom. The van der Waals surface area contributed by atoms with Crippen molar-refractivity contribution in [2.24, 2.45) is 0 Å². The van der Waals surface area contributed by atoms with Gasteiger partial charge in [0, 0.05) is 24.3 Å². The second-order valence-corrected chi connectivity index (χ2v) is 4.56. The zero-order valence-corrected chi connectivity index (χ0v) is 11.7. The van der Waals surface area contributed by atoms with Crippen LogP contribution < -0.4 is 4.90 Å². The van der Waals surface area contributed by atoms with Crippen molar-refractivity contribution in [2.75, 3.05) is 18.0 Å². The van der Waals surface area contributed by atoms with Crippen LogP contribution in [0.15, 0.2) is 34.9 Å². The molecule has 0 unspecified atom stereocenters. The first-order chi connectivity index (χ1) is 8.67. The third-order valence-corrected chi connectivity index (χ3v) is 3.49. The normalized spacial score (nSPS) is 10.7. The van der Waals surface area contributed by atoms with E-state index in [1.54, 1.807) is 6.26 Å². The van der Waals surface area contributed by atoms with Crippen molar-refractivity contribution in [3.8, 4) is 11.1 Å². The molecule has 0 atom stereocenters. The second kappa shape index (κ2) is 5.30. The van der Waals surface area contributed by atoms with Gasteiger partial charge in [-0.2, -0.15) is 0 Å². The van der Waals surface area contributed by atoms with E-state index in [4.69, 9.17) is 4.42 Å². The van der Waals surface area contributed by atoms with Crippen LogP contribution in [0.25, 0.3) is 11.1 Å². The number of furan rings is 1. The summed E-state index contributed by atoms with van der Waals surface area (Å²) in [5, 5.41) is 0. The Labute approximate surface area is 109 Å². The molecule has 0 fully saturated rings. The lowest BCUT2D eigenvalue weighted by atomic mass is 10.0. The van der Waals surface area contributed by atoms with E-state index in [1.807, 2.05) is 13.0 Å². The van der Waals surface area contributed by atoms with E-state index in [1.165, 1.54) is 22.4 Å². The Bertz CT molecular complexity index is 524. The third kappa shape index (κ3) is 2.28. The average Bonchev–Trinajstić information content (AvgIpc) is 2.77. The Kier molecular flexibility index (Phi) is 3.75. The summed E-state index contributed by atoms with van der Waals surface area (Å²) in [5.41, 5.74) is 5.04. The Morgan fingerprint density at radius 2 is 1.72 bits per heavy atom. The molecule has 2 aromatic rings. The molecule has 0 saturated heterocycles. The molecule has 0 aliphatic rings. The van der Waals surface area contributed by atoms with Gasteiger partial charge in [0.1, 0.15) is 5.76 Å². The van der Waals surface area contributed by atoms with Gasteiger partial charge < -0.3 is 9.32 Å². The van der Waals surface area contributed by atoms with Crippen LogP contribution in [0.4, 0.5) is 5.69 Å². The van der Waals surface area contributed by atoms with Crippen LogP contribution in [0.2, 0.25) is 0 Å². The fourth-order valence-corrected chi connectivity index (χ4v) is 2.40. The minimum absolute atomic E-state index is 0.980. The molecule has 18 heavy (non-hydrogen) atoms. The summed E-state index contributed by atoms with van der Waals surface area (Å²) in [4.78, 5) is 2.36. The maximum atomic E-state index is 5.38. The molecule has 96 valence electrons. The fourth-order valence-electron chi connectivity index (χ4n) is 2.40. The van der Waals surface area contributed by atoms with Crippen molar-refractivity contribution in [1.29, 1.82) is 0 Å². The van der Waals surface area contributed by atoms with E-state index in [0.29, 0.717) is 0 Å². The highest BCUT2D eigenvalue weighted by atomic mass is 16.3. The van der Waals surface area contributed by atoms with Gasteiger partial charge in [-0.3, -0.25) is 0 Å². The maximum Gasteiger partial charge on any atom is 0.108 e. The van der Waals surface area contributed by atoms with Crippen LogP contribution in [-0.4, -0.2) is 13.1 Å². The van der Waals surface area contributed by atoms with Gasteiger partial charge in [0.2, 0.25) is 0 Å². The molecule has 2 rings (SSSR count). The Morgan fingerprint density at radius 3 is 2.22 bits per heavy atom. The lowest BCUT2D eigenvalue weighted by Gasteiger charge is -2.22. The van der Waals surface area contributed by atoms with Gasteiger partial charge in [0.15, 0.2) is 0 Å². The van der Waals surface area contributed by atoms with Crippen LogP contribution >= 0.6 is 0 Å². The Hall–Kier alpha value is -1.70. The van der Waals surface area contributed by atoms with E-state index in [9.17, 15) is 0 Å². The summed E-state index contributed by atoms with van der Waals surface area (Å²) in [6.45, 7) is 10.6. The smallest absolute Gasteiger partial charge is 0.108 e. The fraction of sp³-hybridized carbons (Fsp3) is 0.375. The van der Waals surface area contributed by atoms with Crippen LogP contribution in [0.1, 0.15) is 25.2 Å². The van der Waals surface area contributed by atoms with E-state index >= 15 is 0 Å². The van der Waals surface area contributed by atoms with E-state index in [-0.39, 0.29) is 0 Å². The predicted octanol–water partition coefficient (Wildman–Crippen LogP) is 4.41. The molecule has 2 heteroatoms. The summed E-state index contributed by atoms with van der Waals surface area (Å²) in [6.07, 6.45) is 1.75. The summed E-state index contributed by atoms with van der Waals surface area (Å²) in [6, 6.07) is 8.69. The van der Waals surface area contributed by atoms with Crippen molar-refractivity contribution >= 4 is 5.69 Å². The van der Waals surface area contributed by atoms with Crippen LogP contribution in [-0.2, 0) is 0 Å². The number of benzene rings is 1. The molecular formula is C16H21NO. The number of hydrogen-bond acceptors (Lipinski definition) is 2. The molecule has 0 bridgehead atoms. The summed E-state index contributed by atoms with van der Waals surface area (Å²) in [5.74, 6) is 0.980. The molecule has 0 spiro atoms. The molecule has 1 heterocycles. The van der Waals surface area contributed by atoms with Gasteiger partial charge in [-0.15, -0.1) is 0 Å². The number of nitrogens with zero attached hydrogens (tertiary/aromatic N) is 1. The number of aryl methyl sites for hydroxylation is 2. The van der Waals surface area contributed by atoms with Gasteiger partial charge in [0.05, 0.1) is 6.26 Å². The van der Waals surface area contributed by atoms with Crippen molar-refractivity contribution < 1.29 is 4.42 Å². The summed E-state index contributed by atoms with van der Waals surface area (Å²) >= 11 is 0. The van der Waals surface area contributed by atoms with Crippen molar-refractivity contribution in [3.63, 3.8) is 0 Å². The first-order valence-electron chi connectivity index (χ1n) is 6.57. The minimum Gasteiger partial charge on any atom is -0.469 e. The summed E-state index contributed by atoms with van der Waals surface area (Å²) < 4.78 is 5.38. The van der Waals surface area contributed by atoms with Gasteiger partial charge >= 0.3 is 0 Å². The highest BCUT2D eigenvalue weighted by molar-refractivity contribution is 5.71. The largest absolute Gasteiger partial charge is 0.469 e. The third-order valence-electron chi connectivity index (χ3n) is 3.49. The van der Waals surface area contributed by atoms with E-state index in [2.05, 4.69) is 43.9 Å². The first kappa shape index (κ1) is 12.7. The second-order valence-electron chi connectivity index (χ2n) is 4.56. The molecule has 1 aromatic heterocycles. The minimum atomic E-state index is 0.980. The molecule has 2 nitrogen and oxygen atoms in total. The number of rotatable bonds is 4. The van der Waals surface area contributed by atoms with Gasteiger partial charge in [-0.25, -0.2) is 0 Å².